The number of carbonyl (C=O) groups excluding carboxylic acids is 3. The van der Waals surface area contributed by atoms with Crippen molar-refractivity contribution in [1.29, 1.82) is 0 Å². The highest BCUT2D eigenvalue weighted by Gasteiger charge is 2.38. The lowest BCUT2D eigenvalue weighted by molar-refractivity contribution is -0.127. The average Bonchev–Trinajstić information content (AvgIpc) is 3.18. The molecule has 1 aromatic carbocycles. The normalized spacial score (nSPS) is 16.8. The molecule has 1 aromatic heterocycles. The van der Waals surface area contributed by atoms with Crippen LogP contribution in [-0.2, 0) is 17.3 Å². The Balaban J connectivity index is 1.84. The van der Waals surface area contributed by atoms with Crippen molar-refractivity contribution >= 4 is 17.7 Å². The first-order chi connectivity index (χ1) is 15.5. The quantitative estimate of drug-likeness (QED) is 0.753. The first-order valence-corrected chi connectivity index (χ1v) is 11.5. The topological polar surface area (TPSA) is 87.5 Å². The van der Waals surface area contributed by atoms with Crippen LogP contribution >= 0.6 is 0 Å². The average molecular weight is 454 g/mol. The number of nitrogens with zero attached hydrogens (tertiary/aromatic N) is 4. The van der Waals surface area contributed by atoms with Crippen LogP contribution in [0.4, 0.5) is 0 Å². The molecule has 1 atom stereocenters. The van der Waals surface area contributed by atoms with Crippen molar-refractivity contribution in [2.24, 2.45) is 13.0 Å². The van der Waals surface area contributed by atoms with Gasteiger partial charge in [-0.15, -0.1) is 0 Å². The Morgan fingerprint density at radius 2 is 1.76 bits per heavy atom. The van der Waals surface area contributed by atoms with Gasteiger partial charge in [0.1, 0.15) is 11.7 Å². The van der Waals surface area contributed by atoms with E-state index in [4.69, 9.17) is 0 Å². The summed E-state index contributed by atoms with van der Waals surface area (Å²) in [7, 11) is 1.75. The number of hydrogen-bond acceptors (Lipinski definition) is 4. The number of amides is 3. The number of hydrogen-bond donors (Lipinski definition) is 1. The van der Waals surface area contributed by atoms with Gasteiger partial charge in [-0.05, 0) is 24.1 Å². The van der Waals surface area contributed by atoms with Gasteiger partial charge in [0, 0.05) is 37.7 Å². The summed E-state index contributed by atoms with van der Waals surface area (Å²) in [4.78, 5) is 42.9. The van der Waals surface area contributed by atoms with E-state index in [9.17, 15) is 14.4 Å². The molecule has 0 spiro atoms. The predicted octanol–water partition coefficient (Wildman–Crippen LogP) is 2.46. The van der Waals surface area contributed by atoms with Crippen LogP contribution in [0.3, 0.4) is 0 Å². The molecule has 1 N–H and O–H groups in total. The van der Waals surface area contributed by atoms with Crippen LogP contribution in [-0.4, -0.2) is 69.5 Å². The molecule has 33 heavy (non-hydrogen) atoms. The number of rotatable bonds is 5. The fourth-order valence-corrected chi connectivity index (χ4v) is 3.80. The van der Waals surface area contributed by atoms with Crippen LogP contribution in [0.5, 0.6) is 0 Å². The minimum atomic E-state index is -0.760. The third kappa shape index (κ3) is 5.61. The zero-order valence-corrected chi connectivity index (χ0v) is 20.5. The molecule has 1 aliphatic heterocycles. The maximum Gasteiger partial charge on any atom is 0.272 e. The van der Waals surface area contributed by atoms with Gasteiger partial charge in [0.05, 0.1) is 12.2 Å². The molecule has 8 heteroatoms. The molecule has 1 unspecified atom stereocenters. The van der Waals surface area contributed by atoms with E-state index in [1.807, 2.05) is 46.8 Å². The van der Waals surface area contributed by atoms with Gasteiger partial charge < -0.3 is 15.1 Å². The summed E-state index contributed by atoms with van der Waals surface area (Å²) in [6, 6.07) is 9.99. The van der Waals surface area contributed by atoms with Gasteiger partial charge in [0.25, 0.3) is 11.8 Å². The van der Waals surface area contributed by atoms with E-state index in [0.29, 0.717) is 24.3 Å². The number of aryl methyl sites for hydroxylation is 1. The van der Waals surface area contributed by atoms with Crippen LogP contribution < -0.4 is 5.32 Å². The van der Waals surface area contributed by atoms with E-state index in [2.05, 4.69) is 10.4 Å². The van der Waals surface area contributed by atoms with Gasteiger partial charge in [-0.2, -0.15) is 5.10 Å². The predicted molar refractivity (Wildman–Crippen MR) is 127 cm³/mol. The lowest BCUT2D eigenvalue weighted by Gasteiger charge is -2.40. The van der Waals surface area contributed by atoms with Crippen molar-refractivity contribution in [3.63, 3.8) is 0 Å². The van der Waals surface area contributed by atoms with Crippen LogP contribution in [0, 0.1) is 5.92 Å². The summed E-state index contributed by atoms with van der Waals surface area (Å²) in [6.07, 6.45) is 0. The summed E-state index contributed by atoms with van der Waals surface area (Å²) in [5, 5.41) is 7.44. The number of piperazine rings is 1. The minimum Gasteiger partial charge on any atom is -0.354 e. The number of carbonyl (C=O) groups is 3. The van der Waals surface area contributed by atoms with Crippen molar-refractivity contribution in [2.45, 2.75) is 46.1 Å². The van der Waals surface area contributed by atoms with E-state index in [1.165, 1.54) is 0 Å². The highest BCUT2D eigenvalue weighted by molar-refractivity contribution is 5.99. The fourth-order valence-electron chi connectivity index (χ4n) is 3.80. The Kier molecular flexibility index (Phi) is 7.25. The van der Waals surface area contributed by atoms with Crippen molar-refractivity contribution < 1.29 is 14.4 Å². The SMILES string of the molecule is CC(C)CNC(=O)C1CN(C(=O)c2cc(C(C)(C)C)nn2C)CCN1C(=O)c1ccccc1. The molecule has 1 fully saturated rings. The molecule has 3 amide bonds. The van der Waals surface area contributed by atoms with Gasteiger partial charge in [-0.3, -0.25) is 19.1 Å². The molecule has 0 radical (unpaired) electrons. The van der Waals surface area contributed by atoms with E-state index in [-0.39, 0.29) is 42.1 Å². The highest BCUT2D eigenvalue weighted by atomic mass is 16.2. The first-order valence-electron chi connectivity index (χ1n) is 11.5. The summed E-state index contributed by atoms with van der Waals surface area (Å²) >= 11 is 0. The zero-order valence-electron chi connectivity index (χ0n) is 20.5. The zero-order chi connectivity index (χ0) is 24.3. The smallest absolute Gasteiger partial charge is 0.272 e. The molecule has 3 rings (SSSR count). The van der Waals surface area contributed by atoms with Crippen molar-refractivity contribution in [3.8, 4) is 0 Å². The van der Waals surface area contributed by atoms with E-state index in [0.717, 1.165) is 5.69 Å². The lowest BCUT2D eigenvalue weighted by Crippen LogP contribution is -2.61. The van der Waals surface area contributed by atoms with Crippen LogP contribution in [0.25, 0.3) is 0 Å². The molecule has 0 aliphatic carbocycles. The van der Waals surface area contributed by atoms with Crippen molar-refractivity contribution in [1.82, 2.24) is 24.9 Å². The molecular weight excluding hydrogens is 418 g/mol. The van der Waals surface area contributed by atoms with Gasteiger partial charge in [0.15, 0.2) is 0 Å². The maximum absolute atomic E-state index is 13.4. The second kappa shape index (κ2) is 9.77. The minimum absolute atomic E-state index is 0.136. The second-order valence-electron chi connectivity index (χ2n) is 10.1. The van der Waals surface area contributed by atoms with E-state index >= 15 is 0 Å². The standard InChI is InChI=1S/C25H35N5O3/c1-17(2)15-26-22(31)20-16-29(12-13-30(20)23(32)18-10-8-7-9-11-18)24(33)19-14-21(25(3,4)5)27-28(19)6/h7-11,14,17,20H,12-13,15-16H2,1-6H3,(H,26,31). The van der Waals surface area contributed by atoms with E-state index in [1.54, 1.807) is 45.8 Å². The Bertz CT molecular complexity index is 1010. The third-order valence-electron chi connectivity index (χ3n) is 5.80. The van der Waals surface area contributed by atoms with Crippen molar-refractivity contribution in [2.75, 3.05) is 26.2 Å². The van der Waals surface area contributed by atoms with Gasteiger partial charge in [-0.25, -0.2) is 0 Å². The maximum atomic E-state index is 13.4. The Morgan fingerprint density at radius 1 is 1.09 bits per heavy atom. The van der Waals surface area contributed by atoms with Crippen LogP contribution in [0.2, 0.25) is 0 Å². The van der Waals surface area contributed by atoms with Crippen LogP contribution in [0.15, 0.2) is 36.4 Å². The van der Waals surface area contributed by atoms with Crippen LogP contribution in [0.1, 0.15) is 61.2 Å². The third-order valence-corrected chi connectivity index (χ3v) is 5.80. The van der Waals surface area contributed by atoms with Gasteiger partial charge >= 0.3 is 0 Å². The molecule has 0 saturated carbocycles. The molecule has 0 bridgehead atoms. The summed E-state index contributed by atoms with van der Waals surface area (Å²) in [5.41, 5.74) is 1.65. The summed E-state index contributed by atoms with van der Waals surface area (Å²) in [6.45, 7) is 11.4. The molecule has 1 aliphatic rings. The number of benzene rings is 1. The summed E-state index contributed by atoms with van der Waals surface area (Å²) in [5.74, 6) is -0.360. The Morgan fingerprint density at radius 3 is 2.33 bits per heavy atom. The second-order valence-corrected chi connectivity index (χ2v) is 10.1. The molecule has 2 heterocycles. The summed E-state index contributed by atoms with van der Waals surface area (Å²) < 4.78 is 1.60. The molecule has 8 nitrogen and oxygen atoms in total. The van der Waals surface area contributed by atoms with Crippen molar-refractivity contribution in [3.05, 3.63) is 53.3 Å². The number of aromatic nitrogens is 2. The number of nitrogens with one attached hydrogen (secondary N) is 1. The lowest BCUT2D eigenvalue weighted by atomic mass is 9.92. The van der Waals surface area contributed by atoms with E-state index < -0.39 is 6.04 Å². The first kappa shape index (κ1) is 24.5. The molecule has 2 aromatic rings. The molecular formula is C25H35N5O3. The monoisotopic (exact) mass is 453 g/mol. The van der Waals surface area contributed by atoms with Gasteiger partial charge in [-0.1, -0.05) is 52.8 Å². The Hall–Kier alpha value is -3.16. The Labute approximate surface area is 195 Å². The molecule has 178 valence electrons. The largest absolute Gasteiger partial charge is 0.354 e. The fraction of sp³-hybridized carbons (Fsp3) is 0.520. The highest BCUT2D eigenvalue weighted by Crippen LogP contribution is 2.23. The van der Waals surface area contributed by atoms with Gasteiger partial charge in [0.2, 0.25) is 5.91 Å². The molecule has 1 saturated heterocycles.